The van der Waals surface area contributed by atoms with Crippen LogP contribution < -0.4 is 26.5 Å². The van der Waals surface area contributed by atoms with Gasteiger partial charge in [-0.15, -0.1) is 0 Å². The SMILES string of the molecule is C(CCC[N+]12CCN(CC1)CC2)CC[N+]12CCN(CC1)CC2.II.II.II.II.II.II.II.I[I-]I.I[I-]I. The molecule has 6 saturated heterocycles. The van der Waals surface area contributed by atoms with E-state index in [4.69, 9.17) is 0 Å². The van der Waals surface area contributed by atoms with Crippen LogP contribution in [0.5, 0.6) is 0 Å². The number of halogens is 20. The molecule has 0 aromatic carbocycles. The molecule has 6 heterocycles. The average molecular weight is 2850 g/mol. The van der Waals surface area contributed by atoms with Crippen molar-refractivity contribution in [3.05, 3.63) is 0 Å². The van der Waals surface area contributed by atoms with Crippen molar-refractivity contribution in [2.24, 2.45) is 0 Å². The Morgan fingerprint density at radius 1 is 0.357 bits per heavy atom. The van der Waals surface area contributed by atoms with Gasteiger partial charge >= 0.3 is 101 Å². The number of quaternary nitrogens is 2. The molecule has 0 atom stereocenters. The van der Waals surface area contributed by atoms with Gasteiger partial charge in [-0.25, -0.2) is 0 Å². The first-order chi connectivity index (χ1) is 20.6. The molecule has 0 aromatic heterocycles. The van der Waals surface area contributed by atoms with Gasteiger partial charge in [-0.3, -0.25) is 9.80 Å². The summed E-state index contributed by atoms with van der Waals surface area (Å²) >= 11 is 40.3. The van der Waals surface area contributed by atoms with Crippen LogP contribution in [0.25, 0.3) is 0 Å². The van der Waals surface area contributed by atoms with E-state index in [1.165, 1.54) is 126 Å². The van der Waals surface area contributed by atoms with Gasteiger partial charge in [0.15, 0.2) is 0 Å². The Hall–Kier alpha value is 14.4. The van der Waals surface area contributed by atoms with E-state index in [0.29, 0.717) is 26.5 Å². The van der Waals surface area contributed by atoms with Crippen molar-refractivity contribution in [2.45, 2.75) is 25.7 Å². The summed E-state index contributed by atoms with van der Waals surface area (Å²) in [6.45, 7) is 19.8. The molecule has 4 bridgehead atoms. The fourth-order valence-electron chi connectivity index (χ4n) is 5.38. The number of fused-ring (bicyclic) bond motifs is 6. The van der Waals surface area contributed by atoms with Crippen molar-refractivity contribution in [1.82, 2.24) is 9.80 Å². The van der Waals surface area contributed by atoms with Gasteiger partial charge in [-0.05, 0) is 25.7 Å². The Balaban J connectivity index is -0.000000137. The van der Waals surface area contributed by atoms with E-state index >= 15 is 0 Å². The quantitative estimate of drug-likeness (QED) is 0.142. The molecule has 6 aliphatic heterocycles. The zero-order valence-electron chi connectivity index (χ0n) is 22.1. The standard InChI is InChI=1S/C18H36N4.2I3.7I2/c1(3-11-21-13-5-19(6-14-21)7-15-21)2-4-12-22-16-8-20(9-17-22)10-18-22;2*1-3-2;7*1-2/h1-18H2;;;;;;;;;/q+2;2*-1;;;;;;;. The summed E-state index contributed by atoms with van der Waals surface area (Å²) in [6.07, 6.45) is 5.92. The van der Waals surface area contributed by atoms with Crippen LogP contribution in [0.2, 0.25) is 0 Å². The van der Waals surface area contributed by atoms with Crippen LogP contribution in [-0.4, -0.2) is 110 Å². The first kappa shape index (κ1) is 68.2. The van der Waals surface area contributed by atoms with Crippen LogP contribution in [0.1, 0.15) is 25.7 Å². The number of hydrogen-bond acceptors (Lipinski definition) is 2. The molecular weight excluding hydrogens is 2810 g/mol. The van der Waals surface area contributed by atoms with Gasteiger partial charge in [0.2, 0.25) is 0 Å². The summed E-state index contributed by atoms with van der Waals surface area (Å²) < 4.78 is 2.93. The molecule has 6 rings (SSSR count). The monoisotopic (exact) mass is 2850 g/mol. The van der Waals surface area contributed by atoms with E-state index in [2.05, 4.69) is 345 Å². The van der Waals surface area contributed by atoms with Gasteiger partial charge < -0.3 is 8.97 Å². The Morgan fingerprint density at radius 2 is 0.524 bits per heavy atom. The fourth-order valence-corrected chi connectivity index (χ4v) is 5.38. The molecule has 0 saturated carbocycles. The van der Waals surface area contributed by atoms with Crippen molar-refractivity contribution in [3.63, 3.8) is 0 Å². The van der Waals surface area contributed by atoms with E-state index in [-0.39, 0.29) is 0 Å². The average Bonchev–Trinajstić information content (AvgIpc) is 3.11. The number of rotatable bonds is 7. The molecule has 0 aliphatic carbocycles. The molecule has 42 heavy (non-hydrogen) atoms. The topological polar surface area (TPSA) is 6.48 Å². The normalized spacial score (nSPS) is 24.9. The predicted octanol–water partition coefficient (Wildman–Crippen LogP) is 10.8. The Morgan fingerprint density at radius 3 is 0.690 bits per heavy atom. The summed E-state index contributed by atoms with van der Waals surface area (Å²) in [4.78, 5) is 5.32. The number of unbranched alkanes of at least 4 members (excludes halogenated alkanes) is 3. The summed E-state index contributed by atoms with van der Waals surface area (Å²) in [5.74, 6) is 0. The maximum absolute atomic E-state index is 2.66. The van der Waals surface area contributed by atoms with Crippen LogP contribution in [0.15, 0.2) is 0 Å². The minimum atomic E-state index is 0.530. The van der Waals surface area contributed by atoms with E-state index < -0.39 is 0 Å². The van der Waals surface area contributed by atoms with Crippen molar-refractivity contribution >= 4 is 335 Å². The molecule has 0 aromatic rings. The van der Waals surface area contributed by atoms with Gasteiger partial charge in [0.05, 0.1) is 52.4 Å². The maximum atomic E-state index is 2.66. The molecule has 0 amide bonds. The minimum absolute atomic E-state index is 0.530. The molecule has 24 heteroatoms. The zero-order valence-corrected chi connectivity index (χ0v) is 65.2. The number of nitrogens with zero attached hydrogens (tertiary/aromatic N) is 4. The summed E-state index contributed by atoms with van der Waals surface area (Å²) in [5.41, 5.74) is 0. The van der Waals surface area contributed by atoms with Crippen molar-refractivity contribution < 1.29 is 35.5 Å². The molecule has 6 aliphatic rings. The van der Waals surface area contributed by atoms with Gasteiger partial charge in [0.1, 0.15) is 0 Å². The second-order valence-electron chi connectivity index (χ2n) is 8.68. The number of piperazine rings is 6. The Kier molecular flexibility index (Phi) is 97.0. The Labute approximate surface area is 481 Å². The van der Waals surface area contributed by atoms with Crippen LogP contribution in [0.4, 0.5) is 0 Å². The van der Waals surface area contributed by atoms with Crippen LogP contribution >= 0.6 is 335 Å². The molecule has 0 unspecified atom stereocenters. The molecule has 0 spiro atoms. The third kappa shape index (κ3) is 41.2. The van der Waals surface area contributed by atoms with Crippen molar-refractivity contribution in [2.75, 3.05) is 91.6 Å². The summed E-state index contributed by atoms with van der Waals surface area (Å²) in [7, 11) is 0. The second-order valence-corrected chi connectivity index (χ2v) is 41.2. The second kappa shape index (κ2) is 59.7. The zero-order chi connectivity index (χ0) is 34.3. The molecule has 0 radical (unpaired) electrons. The Bertz CT molecular complexity index is 370. The van der Waals surface area contributed by atoms with Gasteiger partial charge in [0.25, 0.3) is 0 Å². The molecular formula is C18H36I20N4. The van der Waals surface area contributed by atoms with Crippen LogP contribution in [0.3, 0.4) is 0 Å². The van der Waals surface area contributed by atoms with Crippen LogP contribution in [0, 0.1) is 0 Å². The molecule has 4 nitrogen and oxygen atoms in total. The van der Waals surface area contributed by atoms with Gasteiger partial charge in [-0.2, -0.15) is 0 Å². The van der Waals surface area contributed by atoms with Crippen molar-refractivity contribution in [3.8, 4) is 0 Å². The summed E-state index contributed by atoms with van der Waals surface area (Å²) in [6, 6.07) is 0. The van der Waals surface area contributed by atoms with Crippen molar-refractivity contribution in [1.29, 1.82) is 0 Å². The first-order valence-electron chi connectivity index (χ1n) is 11.5. The number of hydrogen-bond donors (Lipinski definition) is 0. The van der Waals surface area contributed by atoms with Gasteiger partial charge in [-0.1, -0.05) is 0 Å². The molecule has 0 N–H and O–H groups in total. The van der Waals surface area contributed by atoms with Crippen LogP contribution in [-0.2, 0) is 0 Å². The van der Waals surface area contributed by atoms with E-state index in [9.17, 15) is 0 Å². The third-order valence-corrected chi connectivity index (χ3v) is 7.36. The molecule has 268 valence electrons. The summed E-state index contributed by atoms with van der Waals surface area (Å²) in [5, 5.41) is 0. The van der Waals surface area contributed by atoms with E-state index in [1.807, 2.05) is 0 Å². The van der Waals surface area contributed by atoms with Gasteiger partial charge in [0, 0.05) is 300 Å². The molecule has 6 fully saturated rings. The third-order valence-electron chi connectivity index (χ3n) is 7.36. The van der Waals surface area contributed by atoms with E-state index in [1.54, 1.807) is 0 Å². The first-order valence-corrected chi connectivity index (χ1v) is 80.6. The predicted molar refractivity (Wildman–Crippen MR) is 343 cm³/mol. The fraction of sp³-hybridized carbons (Fsp3) is 1.00. The van der Waals surface area contributed by atoms with E-state index in [0.717, 1.165) is 0 Å².